The maximum absolute atomic E-state index is 14.0. The lowest BCUT2D eigenvalue weighted by molar-refractivity contribution is -0.0385. The van der Waals surface area contributed by atoms with Crippen LogP contribution in [0.5, 0.6) is 0 Å². The third kappa shape index (κ3) is 3.10. The molecule has 1 aliphatic carbocycles. The molecule has 3 rings (SSSR count). The highest BCUT2D eigenvalue weighted by Gasteiger charge is 2.40. The predicted octanol–water partition coefficient (Wildman–Crippen LogP) is 2.28. The molecule has 0 radical (unpaired) electrons. The number of ether oxygens (including phenoxy) is 1. The fraction of sp³-hybridized carbons (Fsp3) is 0.588. The summed E-state index contributed by atoms with van der Waals surface area (Å²) in [5.74, 6) is -2.03. The van der Waals surface area contributed by atoms with Crippen LogP contribution < -0.4 is 0 Å². The number of rotatable bonds is 2. The molecular formula is C17H21F2NO3. The number of aliphatic hydroxyl groups excluding tert-OH is 1. The maximum atomic E-state index is 14.0. The van der Waals surface area contributed by atoms with Crippen LogP contribution in [-0.4, -0.2) is 47.8 Å². The first-order chi connectivity index (χ1) is 11.0. The monoisotopic (exact) mass is 325 g/mol. The van der Waals surface area contributed by atoms with Crippen molar-refractivity contribution in [2.45, 2.75) is 38.3 Å². The fourth-order valence-electron chi connectivity index (χ4n) is 3.62. The van der Waals surface area contributed by atoms with Gasteiger partial charge >= 0.3 is 0 Å². The second kappa shape index (κ2) is 6.53. The van der Waals surface area contributed by atoms with Crippen LogP contribution in [0.2, 0.25) is 0 Å². The summed E-state index contributed by atoms with van der Waals surface area (Å²) in [7, 11) is 0. The van der Waals surface area contributed by atoms with E-state index >= 15 is 0 Å². The van der Waals surface area contributed by atoms with Crippen LogP contribution in [0.4, 0.5) is 8.78 Å². The third-order valence-corrected chi connectivity index (χ3v) is 4.93. The number of aryl methyl sites for hydroxylation is 1. The van der Waals surface area contributed by atoms with Gasteiger partial charge in [-0.05, 0) is 31.4 Å². The molecule has 3 atom stereocenters. The van der Waals surface area contributed by atoms with Crippen LogP contribution >= 0.6 is 0 Å². The Morgan fingerprint density at radius 2 is 2.09 bits per heavy atom. The van der Waals surface area contributed by atoms with Gasteiger partial charge in [-0.15, -0.1) is 0 Å². The van der Waals surface area contributed by atoms with Gasteiger partial charge in [0.05, 0.1) is 30.9 Å². The van der Waals surface area contributed by atoms with Gasteiger partial charge in [0.2, 0.25) is 0 Å². The van der Waals surface area contributed by atoms with E-state index in [1.165, 1.54) is 13.0 Å². The standard InChI is InChI=1S/C17H21F2NO3/c1-10-7-12(14(19)8-13(10)18)17(22)20-5-6-23-9-15(20)11-3-2-4-16(11)21/h7-8,11,15-16,21H,2-6,9H2,1H3/t11-,15+,16+/m0/s1. The highest BCUT2D eigenvalue weighted by atomic mass is 19.1. The van der Waals surface area contributed by atoms with Gasteiger partial charge in [-0.2, -0.15) is 0 Å². The minimum atomic E-state index is -0.852. The molecule has 0 unspecified atom stereocenters. The van der Waals surface area contributed by atoms with Crippen molar-refractivity contribution in [1.82, 2.24) is 4.90 Å². The fourth-order valence-corrected chi connectivity index (χ4v) is 3.62. The van der Waals surface area contributed by atoms with E-state index in [4.69, 9.17) is 4.74 Å². The van der Waals surface area contributed by atoms with Gasteiger partial charge < -0.3 is 14.7 Å². The Hall–Kier alpha value is -1.53. The number of aliphatic hydroxyl groups is 1. The Balaban J connectivity index is 1.88. The van der Waals surface area contributed by atoms with Crippen LogP contribution in [0, 0.1) is 24.5 Å². The molecule has 0 spiro atoms. The lowest BCUT2D eigenvalue weighted by Crippen LogP contribution is -2.53. The van der Waals surface area contributed by atoms with Crippen LogP contribution in [0.15, 0.2) is 12.1 Å². The van der Waals surface area contributed by atoms with E-state index in [1.807, 2.05) is 0 Å². The molecule has 1 saturated heterocycles. The highest BCUT2D eigenvalue weighted by Crippen LogP contribution is 2.33. The molecule has 1 N–H and O–H groups in total. The van der Waals surface area contributed by atoms with Crippen molar-refractivity contribution < 1.29 is 23.4 Å². The highest BCUT2D eigenvalue weighted by molar-refractivity contribution is 5.95. The van der Waals surface area contributed by atoms with Gasteiger partial charge in [-0.25, -0.2) is 8.78 Å². The first-order valence-electron chi connectivity index (χ1n) is 8.01. The molecule has 1 heterocycles. The second-order valence-corrected chi connectivity index (χ2v) is 6.38. The summed E-state index contributed by atoms with van der Waals surface area (Å²) in [6.07, 6.45) is 1.99. The number of benzene rings is 1. The smallest absolute Gasteiger partial charge is 0.257 e. The Kier molecular flexibility index (Phi) is 4.64. The van der Waals surface area contributed by atoms with E-state index in [0.717, 1.165) is 18.9 Å². The number of carbonyl (C=O) groups is 1. The largest absolute Gasteiger partial charge is 0.393 e. The predicted molar refractivity (Wildman–Crippen MR) is 80.1 cm³/mol. The molecule has 1 aromatic carbocycles. The Morgan fingerprint density at radius 3 is 2.78 bits per heavy atom. The number of morpholine rings is 1. The molecule has 2 aliphatic rings. The SMILES string of the molecule is Cc1cc(C(=O)N2CCOC[C@@H]2[C@@H]2CCC[C@H]2O)c(F)cc1F. The van der Waals surface area contributed by atoms with Crippen molar-refractivity contribution in [3.8, 4) is 0 Å². The number of halogens is 2. The average Bonchev–Trinajstić information content (AvgIpc) is 2.96. The number of hydrogen-bond donors (Lipinski definition) is 1. The summed E-state index contributed by atoms with van der Waals surface area (Å²) in [6.45, 7) is 2.58. The molecule has 1 aliphatic heterocycles. The summed E-state index contributed by atoms with van der Waals surface area (Å²) in [6, 6.07) is 1.74. The van der Waals surface area contributed by atoms with Gasteiger partial charge in [-0.1, -0.05) is 6.42 Å². The molecule has 1 aromatic rings. The second-order valence-electron chi connectivity index (χ2n) is 6.38. The molecule has 6 heteroatoms. The van der Waals surface area contributed by atoms with Crippen molar-refractivity contribution in [2.75, 3.05) is 19.8 Å². The molecule has 126 valence electrons. The zero-order valence-corrected chi connectivity index (χ0v) is 13.1. The lowest BCUT2D eigenvalue weighted by atomic mass is 9.93. The van der Waals surface area contributed by atoms with Crippen molar-refractivity contribution in [3.05, 3.63) is 34.9 Å². The molecule has 0 aromatic heterocycles. The Bertz CT molecular complexity index is 608. The summed E-state index contributed by atoms with van der Waals surface area (Å²) in [5.41, 5.74) is 0.115. The van der Waals surface area contributed by atoms with Crippen molar-refractivity contribution >= 4 is 5.91 Å². The zero-order chi connectivity index (χ0) is 16.6. The van der Waals surface area contributed by atoms with E-state index in [2.05, 4.69) is 0 Å². The van der Waals surface area contributed by atoms with E-state index in [-0.39, 0.29) is 23.1 Å². The Labute approximate surface area is 134 Å². The first kappa shape index (κ1) is 16.3. The van der Waals surface area contributed by atoms with Gasteiger partial charge in [-0.3, -0.25) is 4.79 Å². The van der Waals surface area contributed by atoms with Gasteiger partial charge in [0.15, 0.2) is 0 Å². The van der Waals surface area contributed by atoms with Gasteiger partial charge in [0, 0.05) is 18.5 Å². The lowest BCUT2D eigenvalue weighted by Gasteiger charge is -2.40. The van der Waals surface area contributed by atoms with Crippen LogP contribution in [0.1, 0.15) is 35.2 Å². The molecular weight excluding hydrogens is 304 g/mol. The molecule has 23 heavy (non-hydrogen) atoms. The molecule has 2 fully saturated rings. The van der Waals surface area contributed by atoms with Gasteiger partial charge in [0.25, 0.3) is 5.91 Å². The van der Waals surface area contributed by atoms with Crippen LogP contribution in [0.25, 0.3) is 0 Å². The molecule has 1 saturated carbocycles. The quantitative estimate of drug-likeness (QED) is 0.907. The summed E-state index contributed by atoms with van der Waals surface area (Å²) in [4.78, 5) is 14.4. The summed E-state index contributed by atoms with van der Waals surface area (Å²) >= 11 is 0. The zero-order valence-electron chi connectivity index (χ0n) is 13.1. The van der Waals surface area contributed by atoms with Crippen molar-refractivity contribution in [1.29, 1.82) is 0 Å². The van der Waals surface area contributed by atoms with E-state index < -0.39 is 23.6 Å². The van der Waals surface area contributed by atoms with E-state index in [9.17, 15) is 18.7 Å². The van der Waals surface area contributed by atoms with Crippen LogP contribution in [-0.2, 0) is 4.74 Å². The van der Waals surface area contributed by atoms with Crippen LogP contribution in [0.3, 0.4) is 0 Å². The molecule has 4 nitrogen and oxygen atoms in total. The molecule has 1 amide bonds. The van der Waals surface area contributed by atoms with Gasteiger partial charge in [0.1, 0.15) is 11.6 Å². The summed E-state index contributed by atoms with van der Waals surface area (Å²) < 4.78 is 32.9. The van der Waals surface area contributed by atoms with E-state index in [0.29, 0.717) is 26.2 Å². The Morgan fingerprint density at radius 1 is 1.30 bits per heavy atom. The van der Waals surface area contributed by atoms with Crippen molar-refractivity contribution in [3.63, 3.8) is 0 Å². The topological polar surface area (TPSA) is 49.8 Å². The minimum Gasteiger partial charge on any atom is -0.393 e. The average molecular weight is 325 g/mol. The number of carbonyl (C=O) groups excluding carboxylic acids is 1. The number of hydrogen-bond acceptors (Lipinski definition) is 3. The summed E-state index contributed by atoms with van der Waals surface area (Å²) in [5, 5.41) is 10.1. The van der Waals surface area contributed by atoms with Crippen molar-refractivity contribution in [2.24, 2.45) is 5.92 Å². The molecule has 0 bridgehead atoms. The first-order valence-corrected chi connectivity index (χ1v) is 8.01. The van der Waals surface area contributed by atoms with E-state index in [1.54, 1.807) is 4.90 Å². The maximum Gasteiger partial charge on any atom is 0.257 e. The third-order valence-electron chi connectivity index (χ3n) is 4.93. The number of amides is 1. The normalized spacial score (nSPS) is 28.2. The number of nitrogens with zero attached hydrogens (tertiary/aromatic N) is 1. The minimum absolute atomic E-state index is 0.0520.